The van der Waals surface area contributed by atoms with E-state index in [1.165, 1.54) is 7.11 Å². The summed E-state index contributed by atoms with van der Waals surface area (Å²) in [6.07, 6.45) is 0.374. The zero-order chi connectivity index (χ0) is 15.5. The van der Waals surface area contributed by atoms with Crippen LogP contribution in [0.3, 0.4) is 0 Å². The standard InChI is InChI=1S/C15H22BrNO4/c1-19-11-9-17(8-7-15(18)20-2)10-12-21-14-5-3-13(16)4-6-14/h3-6H,7-12H2,1-2H3. The van der Waals surface area contributed by atoms with E-state index in [0.29, 0.717) is 26.2 Å². The number of halogens is 1. The molecule has 0 aromatic heterocycles. The van der Waals surface area contributed by atoms with Gasteiger partial charge in [-0.05, 0) is 24.3 Å². The highest BCUT2D eigenvalue weighted by molar-refractivity contribution is 9.10. The minimum Gasteiger partial charge on any atom is -0.492 e. The molecule has 0 saturated heterocycles. The Kier molecular flexibility index (Phi) is 9.05. The first-order chi connectivity index (χ1) is 10.2. The molecular formula is C15H22BrNO4. The van der Waals surface area contributed by atoms with Crippen LogP contribution in [0.15, 0.2) is 28.7 Å². The Morgan fingerprint density at radius 1 is 1.10 bits per heavy atom. The van der Waals surface area contributed by atoms with Crippen LogP contribution in [-0.2, 0) is 14.3 Å². The molecule has 5 nitrogen and oxygen atoms in total. The Morgan fingerprint density at radius 2 is 1.76 bits per heavy atom. The molecule has 0 radical (unpaired) electrons. The van der Waals surface area contributed by atoms with E-state index in [1.54, 1.807) is 7.11 Å². The number of rotatable bonds is 10. The zero-order valence-corrected chi connectivity index (χ0v) is 14.1. The van der Waals surface area contributed by atoms with E-state index >= 15 is 0 Å². The van der Waals surface area contributed by atoms with Gasteiger partial charge < -0.3 is 14.2 Å². The van der Waals surface area contributed by atoms with E-state index in [1.807, 2.05) is 24.3 Å². The summed E-state index contributed by atoms with van der Waals surface area (Å²) in [5.74, 6) is 0.629. The predicted octanol–water partition coefficient (Wildman–Crippen LogP) is 2.34. The number of ether oxygens (including phenoxy) is 3. The molecular weight excluding hydrogens is 338 g/mol. The summed E-state index contributed by atoms with van der Waals surface area (Å²) in [4.78, 5) is 13.3. The van der Waals surface area contributed by atoms with Gasteiger partial charge in [-0.15, -0.1) is 0 Å². The molecule has 0 saturated carbocycles. The highest BCUT2D eigenvalue weighted by atomic mass is 79.9. The van der Waals surface area contributed by atoms with Gasteiger partial charge >= 0.3 is 5.97 Å². The summed E-state index contributed by atoms with van der Waals surface area (Å²) in [7, 11) is 3.06. The van der Waals surface area contributed by atoms with Crippen molar-refractivity contribution in [2.75, 3.05) is 47.1 Å². The molecule has 6 heteroatoms. The predicted molar refractivity (Wildman–Crippen MR) is 84.6 cm³/mol. The van der Waals surface area contributed by atoms with Crippen molar-refractivity contribution in [2.45, 2.75) is 6.42 Å². The average molecular weight is 360 g/mol. The van der Waals surface area contributed by atoms with E-state index in [0.717, 1.165) is 23.3 Å². The molecule has 0 aliphatic rings. The molecule has 0 heterocycles. The lowest BCUT2D eigenvalue weighted by Crippen LogP contribution is -2.33. The van der Waals surface area contributed by atoms with Gasteiger partial charge in [0.1, 0.15) is 12.4 Å². The average Bonchev–Trinajstić information content (AvgIpc) is 2.50. The Bertz CT molecular complexity index is 411. The highest BCUT2D eigenvalue weighted by Gasteiger charge is 2.08. The zero-order valence-electron chi connectivity index (χ0n) is 12.5. The smallest absolute Gasteiger partial charge is 0.306 e. The highest BCUT2D eigenvalue weighted by Crippen LogP contribution is 2.15. The monoisotopic (exact) mass is 359 g/mol. The second kappa shape index (κ2) is 10.6. The molecule has 0 fully saturated rings. The molecule has 0 unspecified atom stereocenters. The van der Waals surface area contributed by atoms with E-state index in [9.17, 15) is 4.79 Å². The Labute approximate surface area is 134 Å². The molecule has 0 N–H and O–H groups in total. The van der Waals surface area contributed by atoms with Crippen molar-refractivity contribution < 1.29 is 19.0 Å². The SMILES string of the molecule is COCCN(CCOc1ccc(Br)cc1)CCC(=O)OC. The maximum Gasteiger partial charge on any atom is 0.306 e. The molecule has 0 amide bonds. The van der Waals surface area contributed by atoms with Crippen molar-refractivity contribution in [3.8, 4) is 5.75 Å². The fourth-order valence-corrected chi connectivity index (χ4v) is 2.00. The van der Waals surface area contributed by atoms with Crippen LogP contribution in [0.4, 0.5) is 0 Å². The van der Waals surface area contributed by atoms with Crippen LogP contribution in [0.5, 0.6) is 5.75 Å². The molecule has 118 valence electrons. The Morgan fingerprint density at radius 3 is 2.38 bits per heavy atom. The fourth-order valence-electron chi connectivity index (χ4n) is 1.73. The Balaban J connectivity index is 2.33. The molecule has 0 aliphatic heterocycles. The van der Waals surface area contributed by atoms with Gasteiger partial charge in [0, 0.05) is 31.2 Å². The second-order valence-electron chi connectivity index (χ2n) is 4.46. The van der Waals surface area contributed by atoms with Crippen LogP contribution in [-0.4, -0.2) is 57.9 Å². The third kappa shape index (κ3) is 8.04. The van der Waals surface area contributed by atoms with E-state index in [4.69, 9.17) is 9.47 Å². The molecule has 0 bridgehead atoms. The van der Waals surface area contributed by atoms with Gasteiger partial charge in [0.2, 0.25) is 0 Å². The van der Waals surface area contributed by atoms with E-state index in [-0.39, 0.29) is 5.97 Å². The third-order valence-electron chi connectivity index (χ3n) is 2.96. The third-order valence-corrected chi connectivity index (χ3v) is 3.49. The maximum absolute atomic E-state index is 11.2. The van der Waals surface area contributed by atoms with Crippen molar-refractivity contribution in [2.24, 2.45) is 0 Å². The Hall–Kier alpha value is -1.11. The minimum atomic E-state index is -0.203. The van der Waals surface area contributed by atoms with Gasteiger partial charge in [0.15, 0.2) is 0 Å². The number of carbonyl (C=O) groups excluding carboxylic acids is 1. The summed E-state index contributed by atoms with van der Waals surface area (Å²) >= 11 is 3.38. The topological polar surface area (TPSA) is 48.0 Å². The van der Waals surface area contributed by atoms with Crippen LogP contribution in [0.2, 0.25) is 0 Å². The van der Waals surface area contributed by atoms with Crippen molar-refractivity contribution in [1.29, 1.82) is 0 Å². The van der Waals surface area contributed by atoms with Crippen LogP contribution < -0.4 is 4.74 Å². The number of nitrogens with zero attached hydrogens (tertiary/aromatic N) is 1. The summed E-state index contributed by atoms with van der Waals surface area (Å²) in [6.45, 7) is 3.32. The lowest BCUT2D eigenvalue weighted by Gasteiger charge is -2.21. The second-order valence-corrected chi connectivity index (χ2v) is 5.38. The number of carbonyl (C=O) groups is 1. The van der Waals surface area contributed by atoms with Crippen LogP contribution in [0, 0.1) is 0 Å². The summed E-state index contributed by atoms with van der Waals surface area (Å²) in [5.41, 5.74) is 0. The number of hydrogen-bond acceptors (Lipinski definition) is 5. The van der Waals surface area contributed by atoms with Crippen molar-refractivity contribution in [3.63, 3.8) is 0 Å². The largest absolute Gasteiger partial charge is 0.492 e. The van der Waals surface area contributed by atoms with Crippen molar-refractivity contribution in [1.82, 2.24) is 4.90 Å². The maximum atomic E-state index is 11.2. The number of hydrogen-bond donors (Lipinski definition) is 0. The van der Waals surface area contributed by atoms with Gasteiger partial charge in [-0.1, -0.05) is 15.9 Å². The summed E-state index contributed by atoms with van der Waals surface area (Å²) < 4.78 is 16.4. The van der Waals surface area contributed by atoms with Gasteiger partial charge in [0.25, 0.3) is 0 Å². The first kappa shape index (κ1) is 17.9. The minimum absolute atomic E-state index is 0.203. The number of benzene rings is 1. The lowest BCUT2D eigenvalue weighted by atomic mass is 10.3. The summed E-state index contributed by atoms with van der Waals surface area (Å²) in [6, 6.07) is 7.71. The van der Waals surface area contributed by atoms with Crippen LogP contribution in [0.1, 0.15) is 6.42 Å². The van der Waals surface area contributed by atoms with Gasteiger partial charge in [-0.2, -0.15) is 0 Å². The van der Waals surface area contributed by atoms with E-state index < -0.39 is 0 Å². The van der Waals surface area contributed by atoms with Gasteiger partial charge in [-0.3, -0.25) is 9.69 Å². The molecule has 0 atom stereocenters. The number of methoxy groups -OCH3 is 2. The van der Waals surface area contributed by atoms with Crippen molar-refractivity contribution in [3.05, 3.63) is 28.7 Å². The molecule has 21 heavy (non-hydrogen) atoms. The molecule has 1 aromatic carbocycles. The quantitative estimate of drug-likeness (QED) is 0.600. The van der Waals surface area contributed by atoms with Crippen molar-refractivity contribution >= 4 is 21.9 Å². The van der Waals surface area contributed by atoms with Crippen LogP contribution in [0.25, 0.3) is 0 Å². The first-order valence-corrected chi connectivity index (χ1v) is 7.61. The van der Waals surface area contributed by atoms with Gasteiger partial charge in [0.05, 0.1) is 20.1 Å². The molecule has 1 aromatic rings. The fraction of sp³-hybridized carbons (Fsp3) is 0.533. The van der Waals surface area contributed by atoms with Crippen LogP contribution >= 0.6 is 15.9 Å². The molecule has 0 aliphatic carbocycles. The normalized spacial score (nSPS) is 10.7. The van der Waals surface area contributed by atoms with Gasteiger partial charge in [-0.25, -0.2) is 0 Å². The van der Waals surface area contributed by atoms with E-state index in [2.05, 4.69) is 25.6 Å². The molecule has 1 rings (SSSR count). The lowest BCUT2D eigenvalue weighted by molar-refractivity contribution is -0.141. The first-order valence-electron chi connectivity index (χ1n) is 6.82. The summed E-state index contributed by atoms with van der Waals surface area (Å²) in [5, 5.41) is 0. The molecule has 0 spiro atoms. The number of esters is 1.